The summed E-state index contributed by atoms with van der Waals surface area (Å²) in [6.45, 7) is 3.66. The fourth-order valence-electron chi connectivity index (χ4n) is 2.21. The van der Waals surface area contributed by atoms with Crippen LogP contribution < -0.4 is 0 Å². The summed E-state index contributed by atoms with van der Waals surface area (Å²) in [5, 5.41) is 28.4. The molecule has 0 aliphatic rings. The van der Waals surface area contributed by atoms with Crippen molar-refractivity contribution in [2.75, 3.05) is 0 Å². The van der Waals surface area contributed by atoms with Gasteiger partial charge < -0.3 is 14.7 Å². The highest BCUT2D eigenvalue weighted by Gasteiger charge is 2.21. The minimum atomic E-state index is -0.366. The van der Waals surface area contributed by atoms with E-state index in [1.165, 1.54) is 11.8 Å². The molecule has 3 aromatic rings. The van der Waals surface area contributed by atoms with Gasteiger partial charge in [0.05, 0.1) is 16.3 Å². The number of imidazole rings is 1. The molecule has 2 heterocycles. The molecular formula is C16H16N6OS. The molecule has 0 saturated heterocycles. The third kappa shape index (κ3) is 2.86. The molecule has 3 rings (SSSR count). The van der Waals surface area contributed by atoms with E-state index in [4.69, 9.17) is 0 Å². The zero-order chi connectivity index (χ0) is 17.3. The van der Waals surface area contributed by atoms with Crippen molar-refractivity contribution < 1.29 is 5.11 Å². The van der Waals surface area contributed by atoms with Crippen molar-refractivity contribution in [1.29, 1.82) is 5.26 Å². The number of H-pyrrole nitrogens is 1. The molecule has 0 aliphatic heterocycles. The van der Waals surface area contributed by atoms with E-state index >= 15 is 0 Å². The third-order valence-corrected chi connectivity index (χ3v) is 4.86. The van der Waals surface area contributed by atoms with E-state index < -0.39 is 0 Å². The zero-order valence-corrected chi connectivity index (χ0v) is 14.3. The lowest BCUT2D eigenvalue weighted by molar-refractivity contribution is 0.401. The fraction of sp³-hybridized carbons (Fsp3) is 0.250. The van der Waals surface area contributed by atoms with Crippen molar-refractivity contribution in [3.8, 4) is 6.07 Å². The quantitative estimate of drug-likeness (QED) is 0.430. The number of thioether (sulfide) groups is 1. The fourth-order valence-corrected chi connectivity index (χ4v) is 3.13. The van der Waals surface area contributed by atoms with Gasteiger partial charge in [-0.1, -0.05) is 23.9 Å². The highest BCUT2D eigenvalue weighted by Crippen LogP contribution is 2.29. The first kappa shape index (κ1) is 16.1. The van der Waals surface area contributed by atoms with Crippen LogP contribution in [-0.4, -0.2) is 35.1 Å². The number of allylic oxidation sites excluding steroid dienone is 1. The number of nitriles is 1. The Balaban J connectivity index is 1.94. The van der Waals surface area contributed by atoms with Crippen molar-refractivity contribution in [3.05, 3.63) is 41.7 Å². The van der Waals surface area contributed by atoms with E-state index in [0.717, 1.165) is 16.9 Å². The van der Waals surface area contributed by atoms with Gasteiger partial charge >= 0.3 is 0 Å². The molecule has 1 atom stereocenters. The second-order valence-corrected chi connectivity index (χ2v) is 6.63. The van der Waals surface area contributed by atoms with E-state index in [-0.39, 0.29) is 16.6 Å². The van der Waals surface area contributed by atoms with Gasteiger partial charge in [0.2, 0.25) is 0 Å². The van der Waals surface area contributed by atoms with Crippen LogP contribution >= 0.6 is 11.8 Å². The largest absolute Gasteiger partial charge is 0.510 e. The van der Waals surface area contributed by atoms with Crippen molar-refractivity contribution >= 4 is 28.4 Å². The third-order valence-electron chi connectivity index (χ3n) is 3.71. The van der Waals surface area contributed by atoms with Gasteiger partial charge in [-0.3, -0.25) is 0 Å². The number of nitrogens with one attached hydrogen (secondary N) is 1. The van der Waals surface area contributed by atoms with Crippen molar-refractivity contribution in [2.45, 2.75) is 24.3 Å². The Labute approximate surface area is 143 Å². The topological polar surface area (TPSA) is 103 Å². The first-order chi connectivity index (χ1) is 11.5. The minimum absolute atomic E-state index is 0.0396. The first-order valence-electron chi connectivity index (χ1n) is 7.32. The summed E-state index contributed by atoms with van der Waals surface area (Å²) in [4.78, 5) is 7.45. The average Bonchev–Trinajstić information content (AvgIpc) is 3.13. The zero-order valence-electron chi connectivity index (χ0n) is 13.5. The summed E-state index contributed by atoms with van der Waals surface area (Å²) in [5.74, 6) is 1.10. The molecular weight excluding hydrogens is 324 g/mol. The molecule has 24 heavy (non-hydrogen) atoms. The summed E-state index contributed by atoms with van der Waals surface area (Å²) in [5.41, 5.74) is 1.69. The van der Waals surface area contributed by atoms with Gasteiger partial charge in [0, 0.05) is 7.05 Å². The maximum Gasteiger partial charge on any atom is 0.191 e. The minimum Gasteiger partial charge on any atom is -0.510 e. The summed E-state index contributed by atoms with van der Waals surface area (Å²) < 4.78 is 1.84. The molecule has 0 saturated carbocycles. The van der Waals surface area contributed by atoms with Gasteiger partial charge in [-0.2, -0.15) is 5.26 Å². The highest BCUT2D eigenvalue weighted by atomic mass is 32.2. The second-order valence-electron chi connectivity index (χ2n) is 5.32. The highest BCUT2D eigenvalue weighted by molar-refractivity contribution is 7.99. The molecule has 0 radical (unpaired) electrons. The molecule has 0 aliphatic carbocycles. The molecule has 0 spiro atoms. The lowest BCUT2D eigenvalue weighted by atomic mass is 10.2. The lowest BCUT2D eigenvalue weighted by Gasteiger charge is -2.11. The number of rotatable bonds is 4. The first-order valence-corrected chi connectivity index (χ1v) is 8.20. The molecule has 2 N–H and O–H groups in total. The summed E-state index contributed by atoms with van der Waals surface area (Å²) in [6, 6.07) is 9.52. The Kier molecular flexibility index (Phi) is 4.27. The summed E-state index contributed by atoms with van der Waals surface area (Å²) in [7, 11) is 1.86. The number of fused-ring (bicyclic) bond motifs is 1. The van der Waals surface area contributed by atoms with Gasteiger partial charge in [0.15, 0.2) is 11.0 Å². The van der Waals surface area contributed by atoms with Gasteiger partial charge in [0.25, 0.3) is 0 Å². The molecule has 2 aromatic heterocycles. The van der Waals surface area contributed by atoms with Crippen LogP contribution in [0.4, 0.5) is 0 Å². The molecule has 7 nitrogen and oxygen atoms in total. The lowest BCUT2D eigenvalue weighted by Crippen LogP contribution is -2.06. The normalized spacial score (nSPS) is 13.6. The van der Waals surface area contributed by atoms with E-state index in [9.17, 15) is 10.4 Å². The van der Waals surface area contributed by atoms with Crippen molar-refractivity contribution in [2.24, 2.45) is 7.05 Å². The number of nitrogens with zero attached hydrogens (tertiary/aromatic N) is 5. The van der Waals surface area contributed by atoms with Crippen molar-refractivity contribution in [3.63, 3.8) is 0 Å². The van der Waals surface area contributed by atoms with Crippen LogP contribution in [0.25, 0.3) is 16.6 Å². The van der Waals surface area contributed by atoms with Crippen LogP contribution in [-0.2, 0) is 7.05 Å². The Morgan fingerprint density at radius 3 is 2.75 bits per heavy atom. The van der Waals surface area contributed by atoms with Gasteiger partial charge in [-0.15, -0.1) is 10.2 Å². The Bertz CT molecular complexity index is 932. The maximum atomic E-state index is 10.5. The number of hydrogen-bond donors (Lipinski definition) is 2. The second kappa shape index (κ2) is 6.37. The number of aryl methyl sites for hydroxylation is 1. The number of aromatic nitrogens is 5. The van der Waals surface area contributed by atoms with Crippen LogP contribution in [0.3, 0.4) is 0 Å². The average molecular weight is 340 g/mol. The van der Waals surface area contributed by atoms with E-state index in [1.807, 2.05) is 55.8 Å². The Hall–Kier alpha value is -2.79. The van der Waals surface area contributed by atoms with Gasteiger partial charge in [0.1, 0.15) is 23.2 Å². The number of benzene rings is 1. The standard InChI is InChI=1S/C16H16N6OS/c1-9(24-16-21-20-10(2)22(16)3)14(23)11(8-17)15-18-12-6-4-5-7-13(12)19-15/h4-7,9,23H,1-3H3,(H,18,19)/b14-11-/t9-/m1/s1. The predicted molar refractivity (Wildman–Crippen MR) is 92.3 cm³/mol. The Morgan fingerprint density at radius 2 is 2.12 bits per heavy atom. The molecule has 0 unspecified atom stereocenters. The van der Waals surface area contributed by atoms with Crippen LogP contribution in [0.2, 0.25) is 0 Å². The number of aromatic amines is 1. The summed E-state index contributed by atoms with van der Waals surface area (Å²) in [6.07, 6.45) is 0. The number of para-hydroxylation sites is 2. The molecule has 0 bridgehead atoms. The molecule has 0 amide bonds. The number of aliphatic hydroxyl groups excluding tert-OH is 1. The molecule has 0 fully saturated rings. The van der Waals surface area contributed by atoms with E-state index in [0.29, 0.717) is 11.0 Å². The smallest absolute Gasteiger partial charge is 0.191 e. The molecule has 122 valence electrons. The van der Waals surface area contributed by atoms with Crippen LogP contribution in [0, 0.1) is 18.3 Å². The van der Waals surface area contributed by atoms with E-state index in [1.54, 1.807) is 0 Å². The number of hydrogen-bond acceptors (Lipinski definition) is 6. The van der Waals surface area contributed by atoms with Gasteiger partial charge in [-0.05, 0) is 26.0 Å². The predicted octanol–water partition coefficient (Wildman–Crippen LogP) is 2.97. The molecule has 1 aromatic carbocycles. The molecule has 8 heteroatoms. The van der Waals surface area contributed by atoms with Crippen molar-refractivity contribution in [1.82, 2.24) is 24.7 Å². The Morgan fingerprint density at radius 1 is 1.38 bits per heavy atom. The number of aliphatic hydroxyl groups is 1. The van der Waals surface area contributed by atoms with E-state index in [2.05, 4.69) is 20.2 Å². The van der Waals surface area contributed by atoms with Crippen LogP contribution in [0.15, 0.2) is 35.2 Å². The monoisotopic (exact) mass is 340 g/mol. The summed E-state index contributed by atoms with van der Waals surface area (Å²) >= 11 is 1.33. The van der Waals surface area contributed by atoms with Gasteiger partial charge in [-0.25, -0.2) is 4.98 Å². The van der Waals surface area contributed by atoms with Crippen LogP contribution in [0.5, 0.6) is 0 Å². The van der Waals surface area contributed by atoms with Crippen LogP contribution in [0.1, 0.15) is 18.6 Å². The maximum absolute atomic E-state index is 10.5. The SMILES string of the molecule is Cc1nnc(S[C@H](C)/C(O)=C(\C#N)c2nc3ccccc3[nH]2)n1C.